The molecule has 3 N–H and O–H groups in total. The van der Waals surface area contributed by atoms with Gasteiger partial charge >= 0.3 is 5.97 Å². The topological polar surface area (TPSA) is 78.4 Å². The fraction of sp³-hybridized carbons (Fsp3) is 0.333. The average molecular weight is 236 g/mol. The van der Waals surface area contributed by atoms with Crippen molar-refractivity contribution in [2.75, 3.05) is 7.05 Å². The monoisotopic (exact) mass is 236 g/mol. The lowest BCUT2D eigenvalue weighted by Gasteiger charge is -2.12. The van der Waals surface area contributed by atoms with Gasteiger partial charge in [-0.1, -0.05) is 12.1 Å². The van der Waals surface area contributed by atoms with E-state index in [2.05, 4.69) is 10.6 Å². The van der Waals surface area contributed by atoms with Crippen LogP contribution in [-0.2, 0) is 11.3 Å². The Balaban J connectivity index is 2.53. The van der Waals surface area contributed by atoms with Gasteiger partial charge in [-0.3, -0.25) is 4.79 Å². The van der Waals surface area contributed by atoms with E-state index < -0.39 is 5.97 Å². The van der Waals surface area contributed by atoms with Crippen molar-refractivity contribution in [1.29, 1.82) is 0 Å². The van der Waals surface area contributed by atoms with E-state index in [1.807, 2.05) is 0 Å². The Morgan fingerprint density at radius 2 is 1.88 bits per heavy atom. The maximum absolute atomic E-state index is 11.2. The second kappa shape index (κ2) is 6.00. The minimum atomic E-state index is -0.941. The van der Waals surface area contributed by atoms with E-state index in [9.17, 15) is 9.59 Å². The minimum Gasteiger partial charge on any atom is -0.478 e. The number of aromatic carboxylic acids is 1. The quantitative estimate of drug-likeness (QED) is 0.700. The summed E-state index contributed by atoms with van der Waals surface area (Å²) in [6.07, 6.45) is 0. The lowest BCUT2D eigenvalue weighted by atomic mass is 10.1. The number of rotatable bonds is 5. The first-order valence-corrected chi connectivity index (χ1v) is 5.32. The number of carboxylic acids is 1. The SMILES string of the molecule is CNC(=O)C(C)NCc1ccc(C(=O)O)cc1. The van der Waals surface area contributed by atoms with E-state index in [-0.39, 0.29) is 17.5 Å². The molecule has 1 amide bonds. The lowest BCUT2D eigenvalue weighted by Crippen LogP contribution is -2.40. The van der Waals surface area contributed by atoms with E-state index in [1.165, 1.54) is 0 Å². The predicted octanol–water partition coefficient (Wildman–Crippen LogP) is 0.609. The molecule has 0 aliphatic heterocycles. The molecule has 0 aliphatic carbocycles. The molecule has 0 heterocycles. The van der Waals surface area contributed by atoms with Crippen LogP contribution in [0.15, 0.2) is 24.3 Å². The predicted molar refractivity (Wildman–Crippen MR) is 63.8 cm³/mol. The summed E-state index contributed by atoms with van der Waals surface area (Å²) in [5.41, 5.74) is 1.19. The summed E-state index contributed by atoms with van der Waals surface area (Å²) < 4.78 is 0. The van der Waals surface area contributed by atoms with Crippen LogP contribution in [-0.4, -0.2) is 30.1 Å². The highest BCUT2D eigenvalue weighted by atomic mass is 16.4. The van der Waals surface area contributed by atoms with Gasteiger partial charge in [-0.05, 0) is 24.6 Å². The zero-order chi connectivity index (χ0) is 12.8. The van der Waals surface area contributed by atoms with Crippen LogP contribution in [0.1, 0.15) is 22.8 Å². The largest absolute Gasteiger partial charge is 0.478 e. The summed E-state index contributed by atoms with van der Waals surface area (Å²) in [5.74, 6) is -1.02. The van der Waals surface area contributed by atoms with Gasteiger partial charge in [-0.25, -0.2) is 4.79 Å². The maximum atomic E-state index is 11.2. The Hall–Kier alpha value is -1.88. The van der Waals surface area contributed by atoms with Gasteiger partial charge in [0.2, 0.25) is 5.91 Å². The van der Waals surface area contributed by atoms with Crippen LogP contribution in [0, 0.1) is 0 Å². The summed E-state index contributed by atoms with van der Waals surface area (Å²) in [6.45, 7) is 2.29. The number of carbonyl (C=O) groups is 2. The number of likely N-dealkylation sites (N-methyl/N-ethyl adjacent to an activating group) is 1. The van der Waals surface area contributed by atoms with Crippen molar-refractivity contribution in [3.8, 4) is 0 Å². The standard InChI is InChI=1S/C12H16N2O3/c1-8(11(15)13-2)14-7-9-3-5-10(6-4-9)12(16)17/h3-6,8,14H,7H2,1-2H3,(H,13,15)(H,16,17). The van der Waals surface area contributed by atoms with Crippen LogP contribution in [0.4, 0.5) is 0 Å². The summed E-state index contributed by atoms with van der Waals surface area (Å²) in [4.78, 5) is 21.9. The van der Waals surface area contributed by atoms with Gasteiger partial charge in [0, 0.05) is 13.6 Å². The molecule has 0 radical (unpaired) electrons. The van der Waals surface area contributed by atoms with Gasteiger partial charge in [0.25, 0.3) is 0 Å². The molecular formula is C12H16N2O3. The molecule has 1 aromatic carbocycles. The molecule has 0 spiro atoms. The number of hydrogen-bond donors (Lipinski definition) is 3. The van der Waals surface area contributed by atoms with Crippen LogP contribution < -0.4 is 10.6 Å². The highest BCUT2D eigenvalue weighted by Crippen LogP contribution is 2.04. The van der Waals surface area contributed by atoms with Crippen molar-refractivity contribution in [1.82, 2.24) is 10.6 Å². The first-order chi connectivity index (χ1) is 8.04. The highest BCUT2D eigenvalue weighted by Gasteiger charge is 2.09. The molecule has 1 aromatic rings. The lowest BCUT2D eigenvalue weighted by molar-refractivity contribution is -0.122. The van der Waals surface area contributed by atoms with Gasteiger partial charge in [0.1, 0.15) is 0 Å². The number of carboxylic acid groups (broad SMARTS) is 1. The second-order valence-corrected chi connectivity index (χ2v) is 3.72. The third-order valence-electron chi connectivity index (χ3n) is 2.45. The second-order valence-electron chi connectivity index (χ2n) is 3.72. The third kappa shape index (κ3) is 3.88. The van der Waals surface area contributed by atoms with Gasteiger partial charge in [0.15, 0.2) is 0 Å². The first kappa shape index (κ1) is 13.2. The molecule has 1 unspecified atom stereocenters. The van der Waals surface area contributed by atoms with Crippen molar-refractivity contribution in [3.05, 3.63) is 35.4 Å². The van der Waals surface area contributed by atoms with Crippen molar-refractivity contribution >= 4 is 11.9 Å². The van der Waals surface area contributed by atoms with Crippen molar-refractivity contribution in [2.24, 2.45) is 0 Å². The molecule has 92 valence electrons. The molecule has 0 saturated carbocycles. The van der Waals surface area contributed by atoms with Crippen LogP contribution in [0.2, 0.25) is 0 Å². The van der Waals surface area contributed by atoms with Crippen molar-refractivity contribution in [2.45, 2.75) is 19.5 Å². The number of benzene rings is 1. The van der Waals surface area contributed by atoms with E-state index >= 15 is 0 Å². The molecule has 0 fully saturated rings. The zero-order valence-corrected chi connectivity index (χ0v) is 9.86. The zero-order valence-electron chi connectivity index (χ0n) is 9.86. The van der Waals surface area contributed by atoms with Crippen LogP contribution >= 0.6 is 0 Å². The molecule has 1 rings (SSSR count). The Morgan fingerprint density at radius 1 is 1.29 bits per heavy atom. The smallest absolute Gasteiger partial charge is 0.335 e. The fourth-order valence-electron chi connectivity index (χ4n) is 1.35. The normalized spacial score (nSPS) is 11.9. The number of nitrogens with one attached hydrogen (secondary N) is 2. The molecule has 1 atom stereocenters. The van der Waals surface area contributed by atoms with E-state index in [1.54, 1.807) is 38.2 Å². The molecule has 0 saturated heterocycles. The molecule has 0 aliphatic rings. The Bertz CT molecular complexity index is 401. The van der Waals surface area contributed by atoms with Gasteiger partial charge < -0.3 is 15.7 Å². The van der Waals surface area contributed by atoms with E-state index in [0.29, 0.717) is 6.54 Å². The van der Waals surface area contributed by atoms with Gasteiger partial charge in [-0.15, -0.1) is 0 Å². The Morgan fingerprint density at radius 3 is 2.35 bits per heavy atom. The van der Waals surface area contributed by atoms with E-state index in [0.717, 1.165) is 5.56 Å². The number of amides is 1. The Labute approximate surface area is 99.8 Å². The molecular weight excluding hydrogens is 220 g/mol. The summed E-state index contributed by atoms with van der Waals surface area (Å²) in [6, 6.07) is 6.27. The highest BCUT2D eigenvalue weighted by molar-refractivity contribution is 5.87. The molecule has 17 heavy (non-hydrogen) atoms. The summed E-state index contributed by atoms with van der Waals surface area (Å²) >= 11 is 0. The molecule has 0 bridgehead atoms. The maximum Gasteiger partial charge on any atom is 0.335 e. The first-order valence-electron chi connectivity index (χ1n) is 5.32. The Kier molecular flexibility index (Phi) is 4.66. The minimum absolute atomic E-state index is 0.0767. The third-order valence-corrected chi connectivity index (χ3v) is 2.45. The molecule has 0 aromatic heterocycles. The molecule has 5 heteroatoms. The number of carbonyl (C=O) groups excluding carboxylic acids is 1. The van der Waals surface area contributed by atoms with Crippen molar-refractivity contribution in [3.63, 3.8) is 0 Å². The number of hydrogen-bond acceptors (Lipinski definition) is 3. The summed E-state index contributed by atoms with van der Waals surface area (Å²) in [5, 5.41) is 14.3. The van der Waals surface area contributed by atoms with Crippen molar-refractivity contribution < 1.29 is 14.7 Å². The van der Waals surface area contributed by atoms with Crippen LogP contribution in [0.3, 0.4) is 0 Å². The summed E-state index contributed by atoms with van der Waals surface area (Å²) in [7, 11) is 1.59. The van der Waals surface area contributed by atoms with Crippen LogP contribution in [0.25, 0.3) is 0 Å². The van der Waals surface area contributed by atoms with Gasteiger partial charge in [-0.2, -0.15) is 0 Å². The van der Waals surface area contributed by atoms with E-state index in [4.69, 9.17) is 5.11 Å². The fourth-order valence-corrected chi connectivity index (χ4v) is 1.35. The average Bonchev–Trinajstić information content (AvgIpc) is 2.35. The van der Waals surface area contributed by atoms with Crippen LogP contribution in [0.5, 0.6) is 0 Å². The van der Waals surface area contributed by atoms with Gasteiger partial charge in [0.05, 0.1) is 11.6 Å². The molecule has 5 nitrogen and oxygen atoms in total.